The van der Waals surface area contributed by atoms with E-state index in [-0.39, 0.29) is 0 Å². The Kier molecular flexibility index (Phi) is 4.32. The van der Waals surface area contributed by atoms with Crippen molar-refractivity contribution in [3.05, 3.63) is 38.8 Å². The summed E-state index contributed by atoms with van der Waals surface area (Å²) in [6.07, 6.45) is 1.78. The predicted octanol–water partition coefficient (Wildman–Crippen LogP) is 4.55. The summed E-state index contributed by atoms with van der Waals surface area (Å²) in [5.74, 6) is 0.651. The van der Waals surface area contributed by atoms with Gasteiger partial charge in [0.2, 0.25) is 0 Å². The van der Waals surface area contributed by atoms with Gasteiger partial charge in [-0.15, -0.1) is 11.3 Å². The molecule has 1 heterocycles. The van der Waals surface area contributed by atoms with Crippen LogP contribution in [0.3, 0.4) is 0 Å². The van der Waals surface area contributed by atoms with Crippen molar-refractivity contribution in [2.75, 3.05) is 5.32 Å². The van der Waals surface area contributed by atoms with Gasteiger partial charge in [0, 0.05) is 16.8 Å². The van der Waals surface area contributed by atoms with Crippen LogP contribution in [0.1, 0.15) is 35.8 Å². The van der Waals surface area contributed by atoms with Crippen molar-refractivity contribution in [2.24, 2.45) is 0 Å². The van der Waals surface area contributed by atoms with Gasteiger partial charge < -0.3 is 10.4 Å². The second-order valence-corrected chi connectivity index (χ2v) is 6.51. The number of phenolic OH excluding ortho intramolecular Hbond substituents is 1. The number of hydrogen-bond acceptors (Lipinski definition) is 4. The third kappa shape index (κ3) is 3.39. The Bertz CT molecular complexity index is 581. The highest BCUT2D eigenvalue weighted by atomic mass is 35.5. The lowest BCUT2D eigenvalue weighted by atomic mass is 9.99. The molecule has 2 N–H and O–H groups in total. The number of benzene rings is 1. The Hall–Kier alpha value is -1.26. The molecular weight excluding hydrogens is 280 g/mol. The molecule has 0 aliphatic heterocycles. The molecule has 0 radical (unpaired) electrons. The molecule has 0 aliphatic rings. The first kappa shape index (κ1) is 14.2. The first-order chi connectivity index (χ1) is 8.97. The molecule has 0 amide bonds. The minimum absolute atomic E-state index is 0.291. The Morgan fingerprint density at radius 2 is 2.16 bits per heavy atom. The van der Waals surface area contributed by atoms with Crippen LogP contribution < -0.4 is 5.32 Å². The van der Waals surface area contributed by atoms with Crippen molar-refractivity contribution in [3.63, 3.8) is 0 Å². The molecule has 1 aromatic heterocycles. The standard InChI is InChI=1S/C14H17ClN2OS/c1-8(2)11-5-12(9(3)4-13(11)18)16-6-10-7-17-14(15)19-10/h4-5,7-8,16,18H,6H2,1-3H3. The molecule has 3 nitrogen and oxygen atoms in total. The van der Waals surface area contributed by atoms with E-state index in [1.807, 2.05) is 13.0 Å². The zero-order valence-corrected chi connectivity index (χ0v) is 12.8. The quantitative estimate of drug-likeness (QED) is 0.814. The molecule has 0 atom stereocenters. The van der Waals surface area contributed by atoms with Gasteiger partial charge in [-0.3, -0.25) is 0 Å². The first-order valence-electron chi connectivity index (χ1n) is 6.15. The van der Waals surface area contributed by atoms with Crippen LogP contribution in [-0.2, 0) is 6.54 Å². The van der Waals surface area contributed by atoms with Crippen LogP contribution in [0.15, 0.2) is 18.3 Å². The Morgan fingerprint density at radius 1 is 1.42 bits per heavy atom. The molecule has 2 aromatic rings. The molecular formula is C14H17ClN2OS. The summed E-state index contributed by atoms with van der Waals surface area (Å²) in [4.78, 5) is 5.10. The highest BCUT2D eigenvalue weighted by molar-refractivity contribution is 7.15. The molecule has 0 spiro atoms. The largest absolute Gasteiger partial charge is 0.508 e. The maximum atomic E-state index is 9.92. The number of aromatic nitrogens is 1. The second kappa shape index (κ2) is 5.80. The number of aromatic hydroxyl groups is 1. The number of aryl methyl sites for hydroxylation is 1. The van der Waals surface area contributed by atoms with Crippen LogP contribution in [0.5, 0.6) is 5.75 Å². The van der Waals surface area contributed by atoms with Crippen molar-refractivity contribution in [1.82, 2.24) is 4.98 Å². The van der Waals surface area contributed by atoms with Gasteiger partial charge in [0.05, 0.1) is 6.54 Å². The average Bonchev–Trinajstić information content (AvgIpc) is 2.73. The number of phenols is 1. The SMILES string of the molecule is Cc1cc(O)c(C(C)C)cc1NCc1cnc(Cl)s1. The van der Waals surface area contributed by atoms with Gasteiger partial charge in [0.15, 0.2) is 4.47 Å². The number of nitrogens with zero attached hydrogens (tertiary/aromatic N) is 1. The lowest BCUT2D eigenvalue weighted by Gasteiger charge is -2.14. The third-order valence-electron chi connectivity index (χ3n) is 2.97. The Balaban J connectivity index is 2.17. The fourth-order valence-corrected chi connectivity index (χ4v) is 2.83. The maximum Gasteiger partial charge on any atom is 0.183 e. The normalized spacial score (nSPS) is 11.0. The van der Waals surface area contributed by atoms with Crippen LogP contribution in [0, 0.1) is 6.92 Å². The summed E-state index contributed by atoms with van der Waals surface area (Å²) in [7, 11) is 0. The first-order valence-corrected chi connectivity index (χ1v) is 7.34. The molecule has 0 unspecified atom stereocenters. The Morgan fingerprint density at radius 3 is 2.74 bits per heavy atom. The van der Waals surface area contributed by atoms with Crippen molar-refractivity contribution in [2.45, 2.75) is 33.2 Å². The zero-order chi connectivity index (χ0) is 14.0. The smallest absolute Gasteiger partial charge is 0.183 e. The summed E-state index contributed by atoms with van der Waals surface area (Å²) in [5, 5.41) is 13.3. The van der Waals surface area contributed by atoms with Gasteiger partial charge >= 0.3 is 0 Å². The van der Waals surface area contributed by atoms with E-state index in [1.165, 1.54) is 11.3 Å². The van der Waals surface area contributed by atoms with E-state index >= 15 is 0 Å². The molecule has 2 rings (SSSR count). The van der Waals surface area contributed by atoms with Crippen LogP contribution >= 0.6 is 22.9 Å². The summed E-state index contributed by atoms with van der Waals surface area (Å²) >= 11 is 7.28. The molecule has 1 aromatic carbocycles. The third-order valence-corrected chi connectivity index (χ3v) is 4.09. The van der Waals surface area contributed by atoms with Gasteiger partial charge in [-0.1, -0.05) is 25.4 Å². The fourth-order valence-electron chi connectivity index (χ4n) is 1.91. The lowest BCUT2D eigenvalue weighted by molar-refractivity contribution is 0.464. The van der Waals surface area contributed by atoms with Crippen molar-refractivity contribution in [1.29, 1.82) is 0 Å². The number of hydrogen-bond donors (Lipinski definition) is 2. The summed E-state index contributed by atoms with van der Waals surface area (Å²) in [5.41, 5.74) is 3.01. The van der Waals surface area contributed by atoms with Crippen molar-refractivity contribution < 1.29 is 5.11 Å². The monoisotopic (exact) mass is 296 g/mol. The van der Waals surface area contributed by atoms with Gasteiger partial charge in [0.1, 0.15) is 5.75 Å². The minimum atomic E-state index is 0.291. The van der Waals surface area contributed by atoms with Crippen LogP contribution in [-0.4, -0.2) is 10.1 Å². The Labute approximate surface area is 122 Å². The predicted molar refractivity (Wildman–Crippen MR) is 81.4 cm³/mol. The number of halogens is 1. The number of nitrogens with one attached hydrogen (secondary N) is 1. The van der Waals surface area contributed by atoms with E-state index in [0.29, 0.717) is 22.7 Å². The summed E-state index contributed by atoms with van der Waals surface area (Å²) in [6, 6.07) is 3.81. The van der Waals surface area contributed by atoms with Crippen LogP contribution in [0.4, 0.5) is 5.69 Å². The molecule has 19 heavy (non-hydrogen) atoms. The lowest BCUT2D eigenvalue weighted by Crippen LogP contribution is -2.01. The van der Waals surface area contributed by atoms with E-state index < -0.39 is 0 Å². The maximum absolute atomic E-state index is 9.92. The van der Waals surface area contributed by atoms with Gasteiger partial charge in [0.25, 0.3) is 0 Å². The van der Waals surface area contributed by atoms with Crippen LogP contribution in [0.25, 0.3) is 0 Å². The van der Waals surface area contributed by atoms with Crippen LogP contribution in [0.2, 0.25) is 4.47 Å². The molecule has 0 bridgehead atoms. The molecule has 0 saturated carbocycles. The number of thiazole rings is 1. The topological polar surface area (TPSA) is 45.1 Å². The highest BCUT2D eigenvalue weighted by Gasteiger charge is 2.10. The van der Waals surface area contributed by atoms with Gasteiger partial charge in [-0.25, -0.2) is 4.98 Å². The minimum Gasteiger partial charge on any atom is -0.508 e. The van der Waals surface area contributed by atoms with Crippen molar-refractivity contribution >= 4 is 28.6 Å². The average molecular weight is 297 g/mol. The van der Waals surface area contributed by atoms with E-state index in [1.54, 1.807) is 12.3 Å². The van der Waals surface area contributed by atoms with E-state index in [4.69, 9.17) is 11.6 Å². The molecule has 102 valence electrons. The van der Waals surface area contributed by atoms with Gasteiger partial charge in [-0.2, -0.15) is 0 Å². The number of anilines is 1. The summed E-state index contributed by atoms with van der Waals surface area (Å²) in [6.45, 7) is 6.80. The molecule has 0 fully saturated rings. The van der Waals surface area contributed by atoms with E-state index in [2.05, 4.69) is 24.1 Å². The van der Waals surface area contributed by atoms with Gasteiger partial charge in [-0.05, 0) is 36.1 Å². The zero-order valence-electron chi connectivity index (χ0n) is 11.2. The fraction of sp³-hybridized carbons (Fsp3) is 0.357. The summed E-state index contributed by atoms with van der Waals surface area (Å²) < 4.78 is 0.557. The van der Waals surface area contributed by atoms with E-state index in [0.717, 1.165) is 21.7 Å². The molecule has 0 saturated heterocycles. The van der Waals surface area contributed by atoms with E-state index in [9.17, 15) is 5.11 Å². The highest BCUT2D eigenvalue weighted by Crippen LogP contribution is 2.31. The van der Waals surface area contributed by atoms with Crippen molar-refractivity contribution in [3.8, 4) is 5.75 Å². The molecule has 0 aliphatic carbocycles. The molecule has 5 heteroatoms. The second-order valence-electron chi connectivity index (χ2n) is 4.81. The number of rotatable bonds is 4.